The number of rotatable bonds is 5. The Balaban J connectivity index is 2.00. The Labute approximate surface area is 115 Å². The van der Waals surface area contributed by atoms with Crippen molar-refractivity contribution >= 4 is 11.7 Å². The molecular weight excluding hydrogens is 240 g/mol. The van der Waals surface area contributed by atoms with E-state index < -0.39 is 0 Å². The number of anilines is 1. The molecule has 2 rings (SSSR count). The smallest absolute Gasteiger partial charge is 0.242 e. The second-order valence-electron chi connectivity index (χ2n) is 5.33. The van der Waals surface area contributed by atoms with Crippen LogP contribution >= 0.6 is 0 Å². The summed E-state index contributed by atoms with van der Waals surface area (Å²) in [5.41, 5.74) is 0. The molecule has 0 radical (unpaired) electrons. The molecule has 1 aromatic heterocycles. The van der Waals surface area contributed by atoms with Gasteiger partial charge in [0.1, 0.15) is 5.82 Å². The number of likely N-dealkylation sites (tertiary alicyclic amines) is 1. The summed E-state index contributed by atoms with van der Waals surface area (Å²) < 4.78 is 1.88. The maximum Gasteiger partial charge on any atom is 0.242 e. The van der Waals surface area contributed by atoms with Gasteiger partial charge in [-0.1, -0.05) is 6.92 Å². The second-order valence-corrected chi connectivity index (χ2v) is 5.33. The lowest BCUT2D eigenvalue weighted by atomic mass is 10.2. The number of carbonyl (C=O) groups is 1. The van der Waals surface area contributed by atoms with E-state index in [9.17, 15) is 4.79 Å². The van der Waals surface area contributed by atoms with Crippen molar-refractivity contribution in [1.29, 1.82) is 0 Å². The fourth-order valence-electron chi connectivity index (χ4n) is 2.46. The van der Waals surface area contributed by atoms with Crippen molar-refractivity contribution in [3.05, 3.63) is 12.3 Å². The molecule has 106 valence electrons. The van der Waals surface area contributed by atoms with E-state index in [4.69, 9.17) is 0 Å². The lowest BCUT2D eigenvalue weighted by Crippen LogP contribution is -2.40. The van der Waals surface area contributed by atoms with Gasteiger partial charge in [0.05, 0.1) is 18.3 Å². The lowest BCUT2D eigenvalue weighted by Gasteiger charge is -2.23. The Morgan fingerprint density at radius 1 is 1.42 bits per heavy atom. The van der Waals surface area contributed by atoms with Gasteiger partial charge in [-0.25, -0.2) is 4.68 Å². The number of hydrogen-bond donors (Lipinski definition) is 1. The van der Waals surface area contributed by atoms with Crippen LogP contribution in [-0.4, -0.2) is 39.7 Å². The average Bonchev–Trinajstić information content (AvgIpc) is 3.07. The minimum Gasteiger partial charge on any atom is -0.310 e. The molecule has 0 bridgehead atoms. The summed E-state index contributed by atoms with van der Waals surface area (Å²) >= 11 is 0. The van der Waals surface area contributed by atoms with E-state index in [0.717, 1.165) is 25.3 Å². The van der Waals surface area contributed by atoms with E-state index in [0.29, 0.717) is 6.04 Å². The Morgan fingerprint density at radius 3 is 2.74 bits per heavy atom. The summed E-state index contributed by atoms with van der Waals surface area (Å²) in [5, 5.41) is 7.29. The SMILES string of the molecule is CC[C@H](C)n1nccc1NC(=O)[C@@H](C)N1CCCC1. The van der Waals surface area contributed by atoms with Crippen LogP contribution in [0.25, 0.3) is 0 Å². The molecule has 0 spiro atoms. The van der Waals surface area contributed by atoms with E-state index in [1.54, 1.807) is 6.20 Å². The van der Waals surface area contributed by atoms with Crippen LogP contribution in [-0.2, 0) is 4.79 Å². The molecular formula is C14H24N4O. The predicted octanol–water partition coefficient (Wildman–Crippen LogP) is 2.28. The second kappa shape index (κ2) is 6.19. The van der Waals surface area contributed by atoms with Gasteiger partial charge < -0.3 is 5.32 Å². The zero-order valence-electron chi connectivity index (χ0n) is 12.1. The maximum absolute atomic E-state index is 12.3. The van der Waals surface area contributed by atoms with Crippen LogP contribution in [0.15, 0.2) is 12.3 Å². The first-order valence-corrected chi connectivity index (χ1v) is 7.22. The van der Waals surface area contributed by atoms with Crippen molar-refractivity contribution in [3.8, 4) is 0 Å². The summed E-state index contributed by atoms with van der Waals surface area (Å²) in [6.45, 7) is 8.25. The average molecular weight is 264 g/mol. The molecule has 5 nitrogen and oxygen atoms in total. The Kier molecular flexibility index (Phi) is 4.58. The minimum atomic E-state index is -0.0669. The fraction of sp³-hybridized carbons (Fsp3) is 0.714. The molecule has 5 heteroatoms. The summed E-state index contributed by atoms with van der Waals surface area (Å²) in [4.78, 5) is 14.5. The Hall–Kier alpha value is -1.36. The summed E-state index contributed by atoms with van der Waals surface area (Å²) in [5.74, 6) is 0.859. The van der Waals surface area contributed by atoms with Crippen molar-refractivity contribution in [2.45, 2.75) is 52.1 Å². The number of aromatic nitrogens is 2. The third-order valence-corrected chi connectivity index (χ3v) is 4.00. The van der Waals surface area contributed by atoms with Crippen molar-refractivity contribution in [2.75, 3.05) is 18.4 Å². The van der Waals surface area contributed by atoms with Gasteiger partial charge in [0.15, 0.2) is 0 Å². The maximum atomic E-state index is 12.3. The quantitative estimate of drug-likeness (QED) is 0.887. The molecule has 19 heavy (non-hydrogen) atoms. The van der Waals surface area contributed by atoms with Crippen molar-refractivity contribution in [1.82, 2.24) is 14.7 Å². The molecule has 1 saturated heterocycles. The molecule has 1 amide bonds. The molecule has 2 heterocycles. The van der Waals surface area contributed by atoms with E-state index in [2.05, 4.69) is 29.2 Å². The minimum absolute atomic E-state index is 0.0620. The van der Waals surface area contributed by atoms with Crippen LogP contribution in [0.4, 0.5) is 5.82 Å². The molecule has 0 saturated carbocycles. The third-order valence-electron chi connectivity index (χ3n) is 4.00. The highest BCUT2D eigenvalue weighted by Crippen LogP contribution is 2.18. The molecule has 1 N–H and O–H groups in total. The van der Waals surface area contributed by atoms with Crippen LogP contribution in [0.2, 0.25) is 0 Å². The van der Waals surface area contributed by atoms with E-state index in [-0.39, 0.29) is 11.9 Å². The van der Waals surface area contributed by atoms with E-state index in [1.165, 1.54) is 12.8 Å². The molecule has 2 atom stereocenters. The molecule has 0 aromatic carbocycles. The predicted molar refractivity (Wildman–Crippen MR) is 76.1 cm³/mol. The fourth-order valence-corrected chi connectivity index (χ4v) is 2.46. The monoisotopic (exact) mass is 264 g/mol. The van der Waals surface area contributed by atoms with Gasteiger partial charge in [-0.2, -0.15) is 5.10 Å². The van der Waals surface area contributed by atoms with Crippen molar-refractivity contribution in [3.63, 3.8) is 0 Å². The van der Waals surface area contributed by atoms with Gasteiger partial charge in [-0.05, 0) is 46.2 Å². The number of nitrogens with one attached hydrogen (secondary N) is 1. The van der Waals surface area contributed by atoms with Gasteiger partial charge in [0, 0.05) is 6.07 Å². The summed E-state index contributed by atoms with van der Waals surface area (Å²) in [7, 11) is 0. The first-order chi connectivity index (χ1) is 9.13. The van der Waals surface area contributed by atoms with Crippen LogP contribution < -0.4 is 5.32 Å². The molecule has 0 aliphatic carbocycles. The third kappa shape index (κ3) is 3.15. The van der Waals surface area contributed by atoms with Crippen LogP contribution in [0, 0.1) is 0 Å². The number of nitrogens with zero attached hydrogens (tertiary/aromatic N) is 3. The zero-order valence-corrected chi connectivity index (χ0v) is 12.1. The molecule has 1 aromatic rings. The summed E-state index contributed by atoms with van der Waals surface area (Å²) in [6.07, 6.45) is 5.12. The van der Waals surface area contributed by atoms with Gasteiger partial charge in [-0.3, -0.25) is 9.69 Å². The molecule has 1 aliphatic heterocycles. The topological polar surface area (TPSA) is 50.2 Å². The first-order valence-electron chi connectivity index (χ1n) is 7.22. The lowest BCUT2D eigenvalue weighted by molar-refractivity contribution is -0.120. The van der Waals surface area contributed by atoms with E-state index in [1.807, 2.05) is 17.7 Å². The number of carbonyl (C=O) groups excluding carboxylic acids is 1. The molecule has 1 aliphatic rings. The Bertz CT molecular complexity index is 423. The zero-order chi connectivity index (χ0) is 13.8. The number of amides is 1. The van der Waals surface area contributed by atoms with Crippen LogP contribution in [0.5, 0.6) is 0 Å². The molecule has 0 unspecified atom stereocenters. The van der Waals surface area contributed by atoms with Crippen molar-refractivity contribution < 1.29 is 4.79 Å². The van der Waals surface area contributed by atoms with Crippen LogP contribution in [0.3, 0.4) is 0 Å². The highest BCUT2D eigenvalue weighted by molar-refractivity contribution is 5.93. The van der Waals surface area contributed by atoms with Crippen molar-refractivity contribution in [2.24, 2.45) is 0 Å². The van der Waals surface area contributed by atoms with Crippen LogP contribution in [0.1, 0.15) is 46.1 Å². The standard InChI is InChI=1S/C14H24N4O/c1-4-11(2)18-13(7-8-15-18)16-14(19)12(3)17-9-5-6-10-17/h7-8,11-12H,4-6,9-10H2,1-3H3,(H,16,19)/t11-,12+/m0/s1. The largest absolute Gasteiger partial charge is 0.310 e. The normalized spacial score (nSPS) is 19.3. The Morgan fingerprint density at radius 2 is 2.11 bits per heavy atom. The number of hydrogen-bond acceptors (Lipinski definition) is 3. The van der Waals surface area contributed by atoms with Gasteiger partial charge in [-0.15, -0.1) is 0 Å². The highest BCUT2D eigenvalue weighted by Gasteiger charge is 2.24. The highest BCUT2D eigenvalue weighted by atomic mass is 16.2. The van der Waals surface area contributed by atoms with Gasteiger partial charge in [0.2, 0.25) is 5.91 Å². The molecule has 1 fully saturated rings. The summed E-state index contributed by atoms with van der Waals surface area (Å²) in [6, 6.07) is 2.09. The van der Waals surface area contributed by atoms with E-state index >= 15 is 0 Å². The van der Waals surface area contributed by atoms with Gasteiger partial charge in [0.25, 0.3) is 0 Å². The first kappa shape index (κ1) is 14.1. The van der Waals surface area contributed by atoms with Gasteiger partial charge >= 0.3 is 0 Å².